The Kier molecular flexibility index (Phi) is 4.42. The van der Waals surface area contributed by atoms with Gasteiger partial charge >= 0.3 is 0 Å². The smallest absolute Gasteiger partial charge is 0.136 e. The van der Waals surface area contributed by atoms with Crippen molar-refractivity contribution in [2.75, 3.05) is 7.11 Å². The second-order valence-corrected chi connectivity index (χ2v) is 4.17. The highest BCUT2D eigenvalue weighted by Crippen LogP contribution is 2.29. The quantitative estimate of drug-likeness (QED) is 0.900. The Labute approximate surface area is 93.0 Å². The van der Waals surface area contributed by atoms with Crippen LogP contribution in [0.5, 0.6) is 5.75 Å². The van der Waals surface area contributed by atoms with Gasteiger partial charge in [0.05, 0.1) is 17.7 Å². The van der Waals surface area contributed by atoms with Gasteiger partial charge in [-0.25, -0.2) is 0 Å². The lowest BCUT2D eigenvalue weighted by Gasteiger charge is -2.10. The standard InChI is InChI=1S/C11H15BrO2/c1-8(13)6-7-9-4-3-5-10(12)11(9)14-2/h3-5,8,13H,6-7H2,1-2H3/t8-/m1/s1. The molecule has 0 saturated heterocycles. The number of hydrogen-bond acceptors (Lipinski definition) is 2. The Bertz CT molecular complexity index is 297. The van der Waals surface area contributed by atoms with Crippen molar-refractivity contribution in [2.45, 2.75) is 25.9 Å². The van der Waals surface area contributed by atoms with Crippen LogP contribution in [0.15, 0.2) is 22.7 Å². The van der Waals surface area contributed by atoms with Crippen molar-refractivity contribution in [3.05, 3.63) is 28.2 Å². The van der Waals surface area contributed by atoms with E-state index < -0.39 is 0 Å². The Balaban J connectivity index is 2.80. The molecule has 0 spiro atoms. The molecule has 0 aliphatic rings. The van der Waals surface area contributed by atoms with Crippen LogP contribution in [-0.4, -0.2) is 18.3 Å². The minimum atomic E-state index is -0.265. The highest BCUT2D eigenvalue weighted by molar-refractivity contribution is 9.10. The monoisotopic (exact) mass is 258 g/mol. The summed E-state index contributed by atoms with van der Waals surface area (Å²) in [5, 5.41) is 9.19. The molecule has 78 valence electrons. The molecular weight excluding hydrogens is 244 g/mol. The molecule has 1 rings (SSSR count). The summed E-state index contributed by atoms with van der Waals surface area (Å²) in [6.45, 7) is 1.80. The summed E-state index contributed by atoms with van der Waals surface area (Å²) in [5.41, 5.74) is 1.13. The van der Waals surface area contributed by atoms with Crippen LogP contribution < -0.4 is 4.74 Å². The van der Waals surface area contributed by atoms with Crippen molar-refractivity contribution < 1.29 is 9.84 Å². The van der Waals surface area contributed by atoms with Gasteiger partial charge in [-0.1, -0.05) is 12.1 Å². The van der Waals surface area contributed by atoms with E-state index in [2.05, 4.69) is 15.9 Å². The van der Waals surface area contributed by atoms with Crippen LogP contribution in [0.2, 0.25) is 0 Å². The summed E-state index contributed by atoms with van der Waals surface area (Å²) in [4.78, 5) is 0. The van der Waals surface area contributed by atoms with Gasteiger partial charge in [0.1, 0.15) is 5.75 Å². The lowest BCUT2D eigenvalue weighted by atomic mass is 10.1. The Morgan fingerprint density at radius 3 is 2.79 bits per heavy atom. The van der Waals surface area contributed by atoms with E-state index in [4.69, 9.17) is 4.74 Å². The third-order valence-electron chi connectivity index (χ3n) is 2.08. The van der Waals surface area contributed by atoms with E-state index in [1.807, 2.05) is 18.2 Å². The fourth-order valence-electron chi connectivity index (χ4n) is 1.34. The second kappa shape index (κ2) is 5.37. The number of methoxy groups -OCH3 is 1. The third-order valence-corrected chi connectivity index (χ3v) is 2.71. The second-order valence-electron chi connectivity index (χ2n) is 3.32. The number of aliphatic hydroxyl groups excluding tert-OH is 1. The number of aryl methyl sites for hydroxylation is 1. The highest BCUT2D eigenvalue weighted by atomic mass is 79.9. The molecule has 1 aromatic rings. The molecule has 0 aliphatic carbocycles. The van der Waals surface area contributed by atoms with Crippen molar-refractivity contribution in [3.8, 4) is 5.75 Å². The number of ether oxygens (including phenoxy) is 1. The van der Waals surface area contributed by atoms with Gasteiger partial charge in [0.15, 0.2) is 0 Å². The minimum Gasteiger partial charge on any atom is -0.495 e. The average molecular weight is 259 g/mol. The average Bonchev–Trinajstić information content (AvgIpc) is 2.14. The first-order chi connectivity index (χ1) is 6.65. The molecule has 0 radical (unpaired) electrons. The van der Waals surface area contributed by atoms with E-state index in [1.54, 1.807) is 14.0 Å². The van der Waals surface area contributed by atoms with E-state index >= 15 is 0 Å². The van der Waals surface area contributed by atoms with Crippen molar-refractivity contribution in [1.29, 1.82) is 0 Å². The van der Waals surface area contributed by atoms with Gasteiger partial charge in [0, 0.05) is 0 Å². The molecule has 2 nitrogen and oxygen atoms in total. The fourth-order valence-corrected chi connectivity index (χ4v) is 1.91. The van der Waals surface area contributed by atoms with Crippen molar-refractivity contribution in [3.63, 3.8) is 0 Å². The fraction of sp³-hybridized carbons (Fsp3) is 0.455. The van der Waals surface area contributed by atoms with Crippen LogP contribution in [-0.2, 0) is 6.42 Å². The number of rotatable bonds is 4. The van der Waals surface area contributed by atoms with Gasteiger partial charge in [-0.15, -0.1) is 0 Å². The molecule has 1 N–H and O–H groups in total. The van der Waals surface area contributed by atoms with Crippen LogP contribution in [0.25, 0.3) is 0 Å². The molecule has 0 aliphatic heterocycles. The highest BCUT2D eigenvalue weighted by Gasteiger charge is 2.07. The molecule has 1 atom stereocenters. The summed E-state index contributed by atoms with van der Waals surface area (Å²) in [7, 11) is 1.66. The van der Waals surface area contributed by atoms with Crippen LogP contribution in [0, 0.1) is 0 Å². The van der Waals surface area contributed by atoms with Gasteiger partial charge in [-0.3, -0.25) is 0 Å². The number of aliphatic hydroxyl groups is 1. The zero-order valence-electron chi connectivity index (χ0n) is 8.46. The predicted molar refractivity (Wildman–Crippen MR) is 60.7 cm³/mol. The summed E-state index contributed by atoms with van der Waals surface area (Å²) in [5.74, 6) is 0.869. The van der Waals surface area contributed by atoms with Gasteiger partial charge in [-0.05, 0) is 47.3 Å². The van der Waals surface area contributed by atoms with E-state index in [0.717, 1.165) is 28.6 Å². The molecule has 1 aromatic carbocycles. The Morgan fingerprint density at radius 2 is 2.21 bits per heavy atom. The van der Waals surface area contributed by atoms with Crippen LogP contribution in [0.3, 0.4) is 0 Å². The van der Waals surface area contributed by atoms with Crippen LogP contribution >= 0.6 is 15.9 Å². The van der Waals surface area contributed by atoms with Crippen LogP contribution in [0.4, 0.5) is 0 Å². The molecule has 3 heteroatoms. The number of para-hydroxylation sites is 1. The van der Waals surface area contributed by atoms with E-state index in [-0.39, 0.29) is 6.10 Å². The molecule has 0 heterocycles. The molecule has 0 bridgehead atoms. The summed E-state index contributed by atoms with van der Waals surface area (Å²) < 4.78 is 6.24. The van der Waals surface area contributed by atoms with Crippen molar-refractivity contribution >= 4 is 15.9 Å². The largest absolute Gasteiger partial charge is 0.495 e. The van der Waals surface area contributed by atoms with Gasteiger partial charge in [0.2, 0.25) is 0 Å². The zero-order chi connectivity index (χ0) is 10.6. The first-order valence-corrected chi connectivity index (χ1v) is 5.44. The van der Waals surface area contributed by atoms with Gasteiger partial charge in [-0.2, -0.15) is 0 Å². The molecule has 14 heavy (non-hydrogen) atoms. The maximum Gasteiger partial charge on any atom is 0.136 e. The molecule has 0 fully saturated rings. The van der Waals surface area contributed by atoms with E-state index in [9.17, 15) is 5.11 Å². The first-order valence-electron chi connectivity index (χ1n) is 4.64. The number of halogens is 1. The van der Waals surface area contributed by atoms with E-state index in [1.165, 1.54) is 0 Å². The third kappa shape index (κ3) is 3.00. The predicted octanol–water partition coefficient (Wildman–Crippen LogP) is 2.77. The summed E-state index contributed by atoms with van der Waals surface area (Å²) in [6, 6.07) is 5.95. The Hall–Kier alpha value is -0.540. The zero-order valence-corrected chi connectivity index (χ0v) is 10.0. The van der Waals surface area contributed by atoms with E-state index in [0.29, 0.717) is 0 Å². The number of benzene rings is 1. The van der Waals surface area contributed by atoms with Gasteiger partial charge < -0.3 is 9.84 Å². The molecular formula is C11H15BrO2. The molecule has 0 unspecified atom stereocenters. The lowest BCUT2D eigenvalue weighted by Crippen LogP contribution is -2.02. The minimum absolute atomic E-state index is 0.265. The maximum absolute atomic E-state index is 9.19. The SMILES string of the molecule is COc1c(Br)cccc1CC[C@@H](C)O. The molecule has 0 aromatic heterocycles. The van der Waals surface area contributed by atoms with Gasteiger partial charge in [0.25, 0.3) is 0 Å². The lowest BCUT2D eigenvalue weighted by molar-refractivity contribution is 0.184. The van der Waals surface area contributed by atoms with Crippen LogP contribution in [0.1, 0.15) is 18.9 Å². The molecule has 0 amide bonds. The Morgan fingerprint density at radius 1 is 1.50 bits per heavy atom. The first kappa shape index (κ1) is 11.5. The van der Waals surface area contributed by atoms with Crippen molar-refractivity contribution in [2.24, 2.45) is 0 Å². The summed E-state index contributed by atoms with van der Waals surface area (Å²) >= 11 is 3.43. The van der Waals surface area contributed by atoms with Crippen molar-refractivity contribution in [1.82, 2.24) is 0 Å². The summed E-state index contributed by atoms with van der Waals surface area (Å²) in [6.07, 6.45) is 1.33. The number of hydrogen-bond donors (Lipinski definition) is 1. The maximum atomic E-state index is 9.19. The topological polar surface area (TPSA) is 29.5 Å². The molecule has 0 saturated carbocycles. The normalized spacial score (nSPS) is 12.6.